The molecule has 0 radical (unpaired) electrons. The van der Waals surface area contributed by atoms with E-state index in [1.54, 1.807) is 31.2 Å². The zero-order valence-corrected chi connectivity index (χ0v) is 13.8. The molecule has 1 aromatic heterocycles. The lowest BCUT2D eigenvalue weighted by atomic mass is 10.2. The summed E-state index contributed by atoms with van der Waals surface area (Å²) in [5.74, 6) is -0.382. The summed E-state index contributed by atoms with van der Waals surface area (Å²) in [6.45, 7) is 1.36. The van der Waals surface area contributed by atoms with Crippen molar-refractivity contribution in [3.05, 3.63) is 59.6 Å². The third-order valence-electron chi connectivity index (χ3n) is 3.08. The molecule has 0 aliphatic heterocycles. The molecule has 0 aliphatic carbocycles. The number of anilines is 1. The van der Waals surface area contributed by atoms with E-state index < -0.39 is 24.5 Å². The van der Waals surface area contributed by atoms with Crippen molar-refractivity contribution in [3.63, 3.8) is 0 Å². The highest BCUT2D eigenvalue weighted by molar-refractivity contribution is 5.95. The van der Waals surface area contributed by atoms with Crippen molar-refractivity contribution in [1.82, 2.24) is 0 Å². The molecule has 1 heterocycles. The fraction of sp³-hybridized carbons (Fsp3) is 0.167. The summed E-state index contributed by atoms with van der Waals surface area (Å²) in [6.07, 6.45) is 2.63. The Morgan fingerprint density at radius 2 is 1.84 bits per heavy atom. The fourth-order valence-electron chi connectivity index (χ4n) is 1.88. The van der Waals surface area contributed by atoms with Gasteiger partial charge in [0.25, 0.3) is 5.91 Å². The highest BCUT2D eigenvalue weighted by Crippen LogP contribution is 2.10. The summed E-state index contributed by atoms with van der Waals surface area (Å²) in [6, 6.07) is 9.60. The van der Waals surface area contributed by atoms with Gasteiger partial charge in [0.15, 0.2) is 6.61 Å². The molecule has 7 nitrogen and oxygen atoms in total. The van der Waals surface area contributed by atoms with Crippen molar-refractivity contribution in [2.24, 2.45) is 0 Å². The summed E-state index contributed by atoms with van der Waals surface area (Å²) in [7, 11) is 1.29. The van der Waals surface area contributed by atoms with E-state index in [9.17, 15) is 14.4 Å². The number of benzene rings is 1. The van der Waals surface area contributed by atoms with E-state index in [1.807, 2.05) is 0 Å². The zero-order valence-electron chi connectivity index (χ0n) is 13.8. The quantitative estimate of drug-likeness (QED) is 0.640. The van der Waals surface area contributed by atoms with Gasteiger partial charge < -0.3 is 19.2 Å². The van der Waals surface area contributed by atoms with Gasteiger partial charge in [0.1, 0.15) is 11.5 Å². The van der Waals surface area contributed by atoms with Gasteiger partial charge in [-0.3, -0.25) is 4.79 Å². The van der Waals surface area contributed by atoms with Crippen molar-refractivity contribution < 1.29 is 28.3 Å². The summed E-state index contributed by atoms with van der Waals surface area (Å²) >= 11 is 0. The van der Waals surface area contributed by atoms with Gasteiger partial charge in [-0.15, -0.1) is 0 Å². The minimum Gasteiger partial charge on any atom is -0.465 e. The Morgan fingerprint density at radius 1 is 1.12 bits per heavy atom. The van der Waals surface area contributed by atoms with Crippen molar-refractivity contribution in [3.8, 4) is 0 Å². The molecule has 0 atom stereocenters. The second-order valence-electron chi connectivity index (χ2n) is 5.01. The first kappa shape index (κ1) is 18.0. The van der Waals surface area contributed by atoms with Crippen LogP contribution in [0, 0.1) is 6.92 Å². The fourth-order valence-corrected chi connectivity index (χ4v) is 1.88. The van der Waals surface area contributed by atoms with Crippen LogP contribution in [-0.4, -0.2) is 31.6 Å². The summed E-state index contributed by atoms with van der Waals surface area (Å²) in [4.78, 5) is 34.6. The van der Waals surface area contributed by atoms with E-state index in [-0.39, 0.29) is 0 Å². The second-order valence-corrected chi connectivity index (χ2v) is 5.01. The number of ether oxygens (including phenoxy) is 2. The van der Waals surface area contributed by atoms with Crippen molar-refractivity contribution in [2.75, 3.05) is 19.0 Å². The Balaban J connectivity index is 1.79. The Labute approximate surface area is 144 Å². The van der Waals surface area contributed by atoms with Crippen LogP contribution in [0.2, 0.25) is 0 Å². The molecule has 25 heavy (non-hydrogen) atoms. The molecule has 1 N–H and O–H groups in total. The molecular weight excluding hydrogens is 326 g/mol. The number of carbonyl (C=O) groups is 3. The number of aryl methyl sites for hydroxylation is 1. The minimum atomic E-state index is -0.662. The van der Waals surface area contributed by atoms with E-state index in [4.69, 9.17) is 9.15 Å². The SMILES string of the molecule is COC(=O)c1ccc(NC(=O)COC(=O)/C=C/c2ccc(C)o2)cc1. The number of nitrogens with one attached hydrogen (secondary N) is 1. The monoisotopic (exact) mass is 343 g/mol. The maximum absolute atomic E-state index is 11.7. The second kappa shape index (κ2) is 8.49. The molecule has 2 aromatic rings. The zero-order chi connectivity index (χ0) is 18.2. The van der Waals surface area contributed by atoms with Crippen molar-refractivity contribution in [1.29, 1.82) is 0 Å². The van der Waals surface area contributed by atoms with Crippen molar-refractivity contribution in [2.45, 2.75) is 6.92 Å². The number of carbonyl (C=O) groups excluding carboxylic acids is 3. The van der Waals surface area contributed by atoms with Crippen LogP contribution >= 0.6 is 0 Å². The molecule has 0 aliphatic rings. The van der Waals surface area contributed by atoms with Crippen molar-refractivity contribution >= 4 is 29.6 Å². The van der Waals surface area contributed by atoms with Crippen LogP contribution in [0.5, 0.6) is 0 Å². The van der Waals surface area contributed by atoms with Gasteiger partial charge in [0.2, 0.25) is 0 Å². The molecule has 0 saturated carbocycles. The van der Waals surface area contributed by atoms with Crippen LogP contribution in [-0.2, 0) is 19.1 Å². The maximum Gasteiger partial charge on any atom is 0.337 e. The highest BCUT2D eigenvalue weighted by atomic mass is 16.5. The lowest BCUT2D eigenvalue weighted by Crippen LogP contribution is -2.20. The third-order valence-corrected chi connectivity index (χ3v) is 3.08. The number of esters is 2. The first-order valence-electron chi connectivity index (χ1n) is 7.37. The van der Waals surface area contributed by atoms with Crippen LogP contribution in [0.4, 0.5) is 5.69 Å². The third kappa shape index (κ3) is 5.65. The molecule has 2 rings (SSSR count). The normalized spacial score (nSPS) is 10.5. The highest BCUT2D eigenvalue weighted by Gasteiger charge is 2.08. The predicted octanol–water partition coefficient (Wildman–Crippen LogP) is 2.57. The lowest BCUT2D eigenvalue weighted by Gasteiger charge is -2.06. The molecule has 7 heteroatoms. The summed E-state index contributed by atoms with van der Waals surface area (Å²) in [5.41, 5.74) is 0.834. The van der Waals surface area contributed by atoms with Gasteiger partial charge in [0, 0.05) is 11.8 Å². The number of hydrogen-bond donors (Lipinski definition) is 1. The van der Waals surface area contributed by atoms with Crippen LogP contribution in [0.3, 0.4) is 0 Å². The number of hydrogen-bond acceptors (Lipinski definition) is 6. The standard InChI is InChI=1S/C18H17NO6/c1-12-3-8-15(25-12)9-10-17(21)24-11-16(20)19-14-6-4-13(5-7-14)18(22)23-2/h3-10H,11H2,1-2H3,(H,19,20)/b10-9+. The molecule has 1 aromatic carbocycles. The van der Waals surface area contributed by atoms with Gasteiger partial charge in [-0.1, -0.05) is 0 Å². The smallest absolute Gasteiger partial charge is 0.337 e. The number of methoxy groups -OCH3 is 1. The van der Waals surface area contributed by atoms with Gasteiger partial charge in [-0.05, 0) is 49.4 Å². The number of rotatable bonds is 6. The molecule has 0 fully saturated rings. The Kier molecular flexibility index (Phi) is 6.11. The van der Waals surface area contributed by atoms with E-state index in [0.717, 1.165) is 5.76 Å². The lowest BCUT2D eigenvalue weighted by molar-refractivity contribution is -0.142. The van der Waals surface area contributed by atoms with E-state index >= 15 is 0 Å². The molecule has 0 unspecified atom stereocenters. The van der Waals surface area contributed by atoms with Gasteiger partial charge in [-0.25, -0.2) is 9.59 Å². The van der Waals surface area contributed by atoms with Gasteiger partial charge >= 0.3 is 11.9 Å². The molecule has 130 valence electrons. The van der Waals surface area contributed by atoms with E-state index in [1.165, 1.54) is 31.4 Å². The van der Waals surface area contributed by atoms with Gasteiger partial charge in [0.05, 0.1) is 12.7 Å². The molecule has 0 bridgehead atoms. The molecular formula is C18H17NO6. The Hall–Kier alpha value is -3.35. The van der Waals surface area contributed by atoms with Crippen LogP contribution in [0.25, 0.3) is 6.08 Å². The molecule has 1 amide bonds. The first-order valence-corrected chi connectivity index (χ1v) is 7.37. The maximum atomic E-state index is 11.7. The van der Waals surface area contributed by atoms with E-state index in [0.29, 0.717) is 17.0 Å². The largest absolute Gasteiger partial charge is 0.465 e. The van der Waals surface area contributed by atoms with Crippen LogP contribution in [0.15, 0.2) is 46.9 Å². The minimum absolute atomic E-state index is 0.366. The van der Waals surface area contributed by atoms with Crippen LogP contribution < -0.4 is 5.32 Å². The number of amides is 1. The summed E-state index contributed by atoms with van der Waals surface area (Å²) in [5, 5.41) is 2.55. The van der Waals surface area contributed by atoms with Gasteiger partial charge in [-0.2, -0.15) is 0 Å². The Bertz CT molecular complexity index is 788. The average Bonchev–Trinajstić information content (AvgIpc) is 3.03. The molecule has 0 spiro atoms. The van der Waals surface area contributed by atoms with Crippen LogP contribution in [0.1, 0.15) is 21.9 Å². The predicted molar refractivity (Wildman–Crippen MR) is 89.8 cm³/mol. The van der Waals surface area contributed by atoms with E-state index in [2.05, 4.69) is 10.1 Å². The average molecular weight is 343 g/mol. The topological polar surface area (TPSA) is 94.8 Å². The first-order chi connectivity index (χ1) is 12.0. The number of furan rings is 1. The Morgan fingerprint density at radius 3 is 2.44 bits per heavy atom. The molecule has 0 saturated heterocycles. The summed E-state index contributed by atoms with van der Waals surface area (Å²) < 4.78 is 14.7.